The number of aliphatic hydroxyl groups excluding tert-OH is 2. The number of carbonyl (C=O) groups excluding carboxylic acids is 2. The lowest BCUT2D eigenvalue weighted by molar-refractivity contribution is -0.143. The van der Waals surface area contributed by atoms with Crippen LogP contribution in [0.25, 0.3) is 0 Å². The normalized spacial score (nSPS) is 12.8. The molecule has 406 valence electrons. The molecule has 0 aromatic rings. The summed E-state index contributed by atoms with van der Waals surface area (Å²) in [5.41, 5.74) is 0. The van der Waals surface area contributed by atoms with E-state index in [1.54, 1.807) is 0 Å². The molecule has 0 aromatic heterocycles. The van der Waals surface area contributed by atoms with Crippen LogP contribution in [0, 0.1) is 0 Å². The zero-order valence-corrected chi connectivity index (χ0v) is 46.3. The smallest absolute Gasteiger partial charge is 0.305 e. The van der Waals surface area contributed by atoms with Crippen molar-refractivity contribution in [3.8, 4) is 0 Å². The molecule has 0 aromatic carbocycles. The molecule has 0 saturated heterocycles. The van der Waals surface area contributed by atoms with E-state index in [1.165, 1.54) is 218 Å². The van der Waals surface area contributed by atoms with Gasteiger partial charge in [-0.3, -0.25) is 9.59 Å². The van der Waals surface area contributed by atoms with Crippen LogP contribution in [0.15, 0.2) is 36.5 Å². The minimum atomic E-state index is -0.681. The average Bonchev–Trinajstić information content (AvgIpc) is 3.35. The number of hydrogen-bond donors (Lipinski definition) is 3. The van der Waals surface area contributed by atoms with Gasteiger partial charge in [-0.15, -0.1) is 0 Å². The summed E-state index contributed by atoms with van der Waals surface area (Å²) in [5.74, 6) is -0.0848. The van der Waals surface area contributed by atoms with Crippen molar-refractivity contribution in [2.75, 3.05) is 13.2 Å². The Labute approximate surface area is 430 Å². The number of aliphatic hydroxyl groups is 2. The molecule has 1 amide bonds. The predicted molar refractivity (Wildman–Crippen MR) is 301 cm³/mol. The summed E-state index contributed by atoms with van der Waals surface area (Å²) in [5, 5.41) is 23.4. The Balaban J connectivity index is 3.51. The van der Waals surface area contributed by atoms with Gasteiger partial charge >= 0.3 is 5.97 Å². The fourth-order valence-electron chi connectivity index (χ4n) is 9.45. The number of allylic oxidation sites excluding steroid dienone is 6. The number of esters is 1. The third-order valence-electron chi connectivity index (χ3n) is 14.2. The molecule has 0 heterocycles. The summed E-state index contributed by atoms with van der Waals surface area (Å²) >= 11 is 0. The standard InChI is InChI=1S/C63H119NO5/c1-3-5-7-9-11-13-15-17-19-20-21-22-23-24-25-26-28-31-35-39-43-47-51-55-61(66)60(59-65)64-62(67)56-52-48-44-40-36-32-29-27-30-34-38-42-46-50-54-58-69-63(68)57-53-49-45-41-37-33-18-16-14-12-10-8-6-4-2/h16,18,27,30,34,38,60-61,65-66H,3-15,17,19-26,28-29,31-33,35-37,39-59H2,1-2H3,(H,64,67)/b18-16-,30-27-,38-34-. The lowest BCUT2D eigenvalue weighted by Gasteiger charge is -2.22. The summed E-state index contributed by atoms with van der Waals surface area (Å²) in [7, 11) is 0. The van der Waals surface area contributed by atoms with Crippen molar-refractivity contribution in [1.82, 2.24) is 5.32 Å². The van der Waals surface area contributed by atoms with Crippen LogP contribution >= 0.6 is 0 Å². The lowest BCUT2D eigenvalue weighted by Crippen LogP contribution is -2.45. The van der Waals surface area contributed by atoms with Crippen LogP contribution < -0.4 is 5.32 Å². The van der Waals surface area contributed by atoms with E-state index < -0.39 is 12.1 Å². The van der Waals surface area contributed by atoms with E-state index >= 15 is 0 Å². The van der Waals surface area contributed by atoms with E-state index in [0.717, 1.165) is 77.0 Å². The second-order valence-electron chi connectivity index (χ2n) is 21.1. The van der Waals surface area contributed by atoms with Crippen LogP contribution in [0.5, 0.6) is 0 Å². The van der Waals surface area contributed by atoms with E-state index in [1.807, 2.05) is 0 Å². The highest BCUT2D eigenvalue weighted by Crippen LogP contribution is 2.17. The van der Waals surface area contributed by atoms with Gasteiger partial charge in [0, 0.05) is 12.8 Å². The van der Waals surface area contributed by atoms with Crippen molar-refractivity contribution in [2.24, 2.45) is 0 Å². The van der Waals surface area contributed by atoms with Crippen molar-refractivity contribution in [3.63, 3.8) is 0 Å². The summed E-state index contributed by atoms with van der Waals surface area (Å²) < 4.78 is 5.44. The molecule has 0 rings (SSSR count). The predicted octanol–water partition coefficient (Wildman–Crippen LogP) is 19.2. The first-order valence-corrected chi connectivity index (χ1v) is 30.8. The molecule has 6 heteroatoms. The monoisotopic (exact) mass is 970 g/mol. The molecule has 0 spiro atoms. The van der Waals surface area contributed by atoms with Gasteiger partial charge in [0.2, 0.25) is 5.91 Å². The number of ether oxygens (including phenoxy) is 1. The molecule has 0 fully saturated rings. The van der Waals surface area contributed by atoms with Crippen molar-refractivity contribution in [3.05, 3.63) is 36.5 Å². The zero-order chi connectivity index (χ0) is 50.0. The third-order valence-corrected chi connectivity index (χ3v) is 14.2. The molecule has 2 atom stereocenters. The Morgan fingerprint density at radius 1 is 0.406 bits per heavy atom. The first-order chi connectivity index (χ1) is 34.0. The summed E-state index contributed by atoms with van der Waals surface area (Å²) in [6, 6.07) is -0.560. The minimum Gasteiger partial charge on any atom is -0.466 e. The Morgan fingerprint density at radius 3 is 1.12 bits per heavy atom. The first kappa shape index (κ1) is 67.1. The first-order valence-electron chi connectivity index (χ1n) is 30.8. The molecule has 3 N–H and O–H groups in total. The molecule has 0 aliphatic heterocycles. The largest absolute Gasteiger partial charge is 0.466 e. The number of rotatable bonds is 57. The highest BCUT2D eigenvalue weighted by atomic mass is 16.5. The van der Waals surface area contributed by atoms with Crippen molar-refractivity contribution in [2.45, 2.75) is 341 Å². The van der Waals surface area contributed by atoms with Gasteiger partial charge in [-0.25, -0.2) is 0 Å². The van der Waals surface area contributed by atoms with Crippen molar-refractivity contribution < 1.29 is 24.5 Å². The van der Waals surface area contributed by atoms with Gasteiger partial charge in [0.1, 0.15) is 0 Å². The Hall–Kier alpha value is -1.92. The number of amides is 1. The Bertz CT molecular complexity index is 1120. The molecule has 2 unspecified atom stereocenters. The molecule has 0 bridgehead atoms. The topological polar surface area (TPSA) is 95.9 Å². The number of unbranched alkanes of at least 4 members (excludes halogenated alkanes) is 41. The van der Waals surface area contributed by atoms with Gasteiger partial charge in [0.25, 0.3) is 0 Å². The SMILES string of the molecule is CCCCCCC/C=C\CCCCCCCC(=O)OCCCCC/C=C\C=C/CCCCCCCCC(=O)NC(CO)C(O)CCCCCCCCCCCCCCCCCCCCCCCCC. The van der Waals surface area contributed by atoms with Crippen LogP contribution in [-0.4, -0.2) is 47.4 Å². The molecular formula is C63H119NO5. The summed E-state index contributed by atoms with van der Waals surface area (Å²) in [6.45, 7) is 4.90. The highest BCUT2D eigenvalue weighted by Gasteiger charge is 2.20. The van der Waals surface area contributed by atoms with Gasteiger partial charge < -0.3 is 20.3 Å². The second-order valence-corrected chi connectivity index (χ2v) is 21.1. The van der Waals surface area contributed by atoms with E-state index in [0.29, 0.717) is 25.9 Å². The van der Waals surface area contributed by atoms with Gasteiger partial charge in [-0.2, -0.15) is 0 Å². The fraction of sp³-hybridized carbons (Fsp3) is 0.873. The van der Waals surface area contributed by atoms with E-state index in [-0.39, 0.29) is 18.5 Å². The quantitative estimate of drug-likeness (QED) is 0.0244. The average molecular weight is 971 g/mol. The number of hydrogen-bond acceptors (Lipinski definition) is 5. The maximum Gasteiger partial charge on any atom is 0.305 e. The summed E-state index contributed by atoms with van der Waals surface area (Å²) in [6.07, 6.45) is 72.9. The molecule has 69 heavy (non-hydrogen) atoms. The Kier molecular flexibility index (Phi) is 57.0. The van der Waals surface area contributed by atoms with E-state index in [4.69, 9.17) is 4.74 Å². The fourth-order valence-corrected chi connectivity index (χ4v) is 9.45. The molecule has 6 nitrogen and oxygen atoms in total. The van der Waals surface area contributed by atoms with Crippen molar-refractivity contribution >= 4 is 11.9 Å². The van der Waals surface area contributed by atoms with Crippen LogP contribution in [0.1, 0.15) is 328 Å². The third kappa shape index (κ3) is 55.2. The summed E-state index contributed by atoms with van der Waals surface area (Å²) in [4.78, 5) is 24.5. The van der Waals surface area contributed by atoms with Crippen molar-refractivity contribution in [1.29, 1.82) is 0 Å². The Morgan fingerprint density at radius 2 is 0.725 bits per heavy atom. The van der Waals surface area contributed by atoms with Crippen LogP contribution in [-0.2, 0) is 14.3 Å². The van der Waals surface area contributed by atoms with Crippen LogP contribution in [0.4, 0.5) is 0 Å². The van der Waals surface area contributed by atoms with E-state index in [2.05, 4.69) is 55.6 Å². The van der Waals surface area contributed by atoms with Gasteiger partial charge in [0.05, 0.1) is 25.4 Å². The minimum absolute atomic E-state index is 0.0297. The molecular weight excluding hydrogens is 851 g/mol. The maximum absolute atomic E-state index is 12.5. The zero-order valence-electron chi connectivity index (χ0n) is 46.3. The van der Waals surface area contributed by atoms with Gasteiger partial charge in [0.15, 0.2) is 0 Å². The molecule has 0 saturated carbocycles. The second kappa shape index (κ2) is 58.6. The molecule has 0 aliphatic carbocycles. The number of nitrogens with one attached hydrogen (secondary N) is 1. The molecule has 0 aliphatic rings. The van der Waals surface area contributed by atoms with Crippen LogP contribution in [0.3, 0.4) is 0 Å². The molecule has 0 radical (unpaired) electrons. The number of carbonyl (C=O) groups is 2. The van der Waals surface area contributed by atoms with E-state index in [9.17, 15) is 19.8 Å². The van der Waals surface area contributed by atoms with Crippen LogP contribution in [0.2, 0.25) is 0 Å². The highest BCUT2D eigenvalue weighted by molar-refractivity contribution is 5.76. The van der Waals surface area contributed by atoms with Gasteiger partial charge in [-0.1, -0.05) is 269 Å². The van der Waals surface area contributed by atoms with Gasteiger partial charge in [-0.05, 0) is 83.5 Å². The maximum atomic E-state index is 12.5. The lowest BCUT2D eigenvalue weighted by atomic mass is 10.0.